The number of halogens is 1. The van der Waals surface area contributed by atoms with Gasteiger partial charge in [0.25, 0.3) is 0 Å². The fourth-order valence-corrected chi connectivity index (χ4v) is 5.07. The maximum atomic E-state index is 12.3. The molecule has 3 aliphatic rings. The quantitative estimate of drug-likeness (QED) is 0.434. The largest absolute Gasteiger partial charge is 0.347 e. The smallest absolute Gasteiger partial charge is 0.308 e. The van der Waals surface area contributed by atoms with Crippen LogP contribution in [0.3, 0.4) is 0 Å². The average Bonchev–Trinajstić information content (AvgIpc) is 3.13. The number of pyridine rings is 1. The number of hydrogen-bond acceptors (Lipinski definition) is 6. The lowest BCUT2D eigenvalue weighted by Gasteiger charge is -2.50. The molecule has 1 aromatic heterocycles. The first-order chi connectivity index (χ1) is 14.1. The third kappa shape index (κ3) is 3.09. The van der Waals surface area contributed by atoms with Crippen molar-refractivity contribution in [2.45, 2.75) is 38.0 Å². The van der Waals surface area contributed by atoms with E-state index in [2.05, 4.69) is 31.8 Å². The van der Waals surface area contributed by atoms with E-state index in [1.165, 1.54) is 0 Å². The van der Waals surface area contributed by atoms with Gasteiger partial charge in [0.15, 0.2) is 5.82 Å². The van der Waals surface area contributed by atoms with Gasteiger partial charge in [-0.25, -0.2) is 4.98 Å². The highest BCUT2D eigenvalue weighted by Gasteiger charge is 2.52. The van der Waals surface area contributed by atoms with Crippen LogP contribution in [0.1, 0.15) is 24.8 Å². The first kappa shape index (κ1) is 18.2. The fraction of sp³-hybridized carbons (Fsp3) is 0.381. The third-order valence-corrected chi connectivity index (χ3v) is 6.32. The van der Waals surface area contributed by atoms with Crippen LogP contribution in [-0.4, -0.2) is 45.0 Å². The molecule has 0 amide bonds. The molecular weight excluding hydrogens is 390 g/mol. The lowest BCUT2D eigenvalue weighted by molar-refractivity contribution is -0.435. The number of para-hydroxylation sites is 1. The van der Waals surface area contributed by atoms with Crippen LogP contribution in [0.15, 0.2) is 60.2 Å². The Bertz CT molecular complexity index is 949. The monoisotopic (exact) mass is 411 g/mol. The molecule has 8 heteroatoms. The van der Waals surface area contributed by atoms with Gasteiger partial charge in [0.1, 0.15) is 17.4 Å². The molecule has 7 nitrogen and oxygen atoms in total. The predicted molar refractivity (Wildman–Crippen MR) is 111 cm³/mol. The van der Waals surface area contributed by atoms with Gasteiger partial charge in [0.2, 0.25) is 0 Å². The van der Waals surface area contributed by atoms with Gasteiger partial charge in [0, 0.05) is 31.5 Å². The zero-order chi connectivity index (χ0) is 20.0. The second-order valence-electron chi connectivity index (χ2n) is 7.74. The lowest BCUT2D eigenvalue weighted by Crippen LogP contribution is -2.60. The van der Waals surface area contributed by atoms with Crippen molar-refractivity contribution in [3.05, 3.63) is 81.0 Å². The van der Waals surface area contributed by atoms with Crippen LogP contribution < -0.4 is 4.90 Å². The number of anilines is 1. The highest BCUT2D eigenvalue weighted by atomic mass is 35.5. The normalized spacial score (nSPS) is 23.4. The Labute approximate surface area is 174 Å². The molecule has 4 heterocycles. The molecule has 2 aromatic rings. The molecule has 0 saturated carbocycles. The van der Waals surface area contributed by atoms with E-state index < -0.39 is 0 Å². The van der Waals surface area contributed by atoms with Crippen LogP contribution >= 0.6 is 11.6 Å². The minimum atomic E-state index is -0.207. The van der Waals surface area contributed by atoms with Crippen molar-refractivity contribution in [3.8, 4) is 0 Å². The second-order valence-corrected chi connectivity index (χ2v) is 8.13. The number of nitrogens with zero attached hydrogens (tertiary/aromatic N) is 5. The molecule has 0 spiro atoms. The molecule has 3 aliphatic heterocycles. The predicted octanol–water partition coefficient (Wildman–Crippen LogP) is 3.70. The topological polar surface area (TPSA) is 65.8 Å². The van der Waals surface area contributed by atoms with E-state index in [0.29, 0.717) is 17.4 Å². The van der Waals surface area contributed by atoms with Crippen LogP contribution in [0.4, 0.5) is 5.69 Å². The van der Waals surface area contributed by atoms with Crippen LogP contribution in [0.5, 0.6) is 0 Å². The first-order valence-electron chi connectivity index (χ1n) is 9.97. The maximum Gasteiger partial charge on any atom is 0.308 e. The number of rotatable bonds is 4. The van der Waals surface area contributed by atoms with E-state index >= 15 is 0 Å². The van der Waals surface area contributed by atoms with Crippen molar-refractivity contribution < 1.29 is 4.92 Å². The Morgan fingerprint density at radius 1 is 1.14 bits per heavy atom. The summed E-state index contributed by atoms with van der Waals surface area (Å²) in [6.07, 6.45) is 4.72. The van der Waals surface area contributed by atoms with E-state index in [0.717, 1.165) is 49.4 Å². The molecule has 0 aliphatic carbocycles. The number of fused-ring (bicyclic) bond motifs is 4. The van der Waals surface area contributed by atoms with Crippen LogP contribution in [0.25, 0.3) is 0 Å². The lowest BCUT2D eigenvalue weighted by atomic mass is 9.92. The summed E-state index contributed by atoms with van der Waals surface area (Å²) in [5, 5.41) is 12.7. The Morgan fingerprint density at radius 2 is 1.97 bits per heavy atom. The van der Waals surface area contributed by atoms with E-state index in [4.69, 9.17) is 11.6 Å². The highest BCUT2D eigenvalue weighted by molar-refractivity contribution is 6.29. The minimum absolute atomic E-state index is 0.156. The van der Waals surface area contributed by atoms with E-state index in [-0.39, 0.29) is 17.1 Å². The SMILES string of the molecule is O=[N+]([O-])C1=C2N(Cc3ccc(Cl)nc3)CCN2C2CCCC1N2c1ccccc1. The summed E-state index contributed by atoms with van der Waals surface area (Å²) in [6.45, 7) is 2.15. The summed E-state index contributed by atoms with van der Waals surface area (Å²) in [6, 6.07) is 13.6. The third-order valence-electron chi connectivity index (χ3n) is 6.10. The van der Waals surface area contributed by atoms with Crippen molar-refractivity contribution >= 4 is 17.3 Å². The molecule has 2 fully saturated rings. The Balaban J connectivity index is 1.56. The van der Waals surface area contributed by atoms with Crippen LogP contribution in [-0.2, 0) is 6.54 Å². The zero-order valence-corrected chi connectivity index (χ0v) is 16.7. The molecule has 5 rings (SSSR count). The van der Waals surface area contributed by atoms with Gasteiger partial charge >= 0.3 is 5.70 Å². The first-order valence-corrected chi connectivity index (χ1v) is 10.4. The summed E-state index contributed by atoms with van der Waals surface area (Å²) < 4.78 is 0. The number of aromatic nitrogens is 1. The van der Waals surface area contributed by atoms with E-state index in [1.54, 1.807) is 12.3 Å². The van der Waals surface area contributed by atoms with Gasteiger partial charge in [-0.15, -0.1) is 0 Å². The Hall–Kier alpha value is -2.80. The molecule has 150 valence electrons. The molecule has 2 saturated heterocycles. The maximum absolute atomic E-state index is 12.3. The van der Waals surface area contributed by atoms with Crippen LogP contribution in [0.2, 0.25) is 5.15 Å². The summed E-state index contributed by atoms with van der Waals surface area (Å²) in [5.74, 6) is 0.784. The number of hydrogen-bond donors (Lipinski definition) is 0. The highest BCUT2D eigenvalue weighted by Crippen LogP contribution is 2.43. The summed E-state index contributed by atoms with van der Waals surface area (Å²) in [5.41, 5.74) is 2.38. The van der Waals surface area contributed by atoms with Crippen molar-refractivity contribution in [2.75, 3.05) is 18.0 Å². The van der Waals surface area contributed by atoms with Gasteiger partial charge < -0.3 is 14.7 Å². The molecular formula is C21H22ClN5O2. The summed E-state index contributed by atoms with van der Waals surface area (Å²) in [7, 11) is 0. The minimum Gasteiger partial charge on any atom is -0.347 e. The van der Waals surface area contributed by atoms with E-state index in [1.807, 2.05) is 24.3 Å². The standard InChI is InChI=1S/C21H22ClN5O2/c22-18-10-9-15(13-23-18)14-24-11-12-25-19-8-4-7-17(20(21(24)25)27(28)29)26(19)16-5-2-1-3-6-16/h1-3,5-6,9-10,13,17,19H,4,7-8,11-12,14H2. The van der Waals surface area contributed by atoms with Crippen molar-refractivity contribution in [2.24, 2.45) is 0 Å². The molecule has 2 bridgehead atoms. The number of piperidine rings is 1. The molecule has 2 atom stereocenters. The Morgan fingerprint density at radius 3 is 2.69 bits per heavy atom. The zero-order valence-electron chi connectivity index (χ0n) is 15.9. The van der Waals surface area contributed by atoms with Gasteiger partial charge in [-0.2, -0.15) is 0 Å². The number of nitro groups is 1. The van der Waals surface area contributed by atoms with Crippen molar-refractivity contribution in [1.82, 2.24) is 14.8 Å². The van der Waals surface area contributed by atoms with Gasteiger partial charge in [-0.3, -0.25) is 10.1 Å². The van der Waals surface area contributed by atoms with Crippen molar-refractivity contribution in [3.63, 3.8) is 0 Å². The van der Waals surface area contributed by atoms with Gasteiger partial charge in [-0.1, -0.05) is 35.9 Å². The number of benzene rings is 1. The Kier molecular flexibility index (Phi) is 4.54. The summed E-state index contributed by atoms with van der Waals surface area (Å²) in [4.78, 5) is 22.9. The van der Waals surface area contributed by atoms with Crippen molar-refractivity contribution in [1.29, 1.82) is 0 Å². The van der Waals surface area contributed by atoms with Gasteiger partial charge in [0.05, 0.1) is 4.92 Å². The second kappa shape index (κ2) is 7.22. The molecule has 2 unspecified atom stereocenters. The molecule has 0 radical (unpaired) electrons. The van der Waals surface area contributed by atoms with Crippen LogP contribution in [0, 0.1) is 10.1 Å². The van der Waals surface area contributed by atoms with Gasteiger partial charge in [-0.05, 0) is 43.0 Å². The molecule has 1 aromatic carbocycles. The molecule has 29 heavy (non-hydrogen) atoms. The van der Waals surface area contributed by atoms with E-state index in [9.17, 15) is 10.1 Å². The average molecular weight is 412 g/mol. The summed E-state index contributed by atoms with van der Waals surface area (Å²) >= 11 is 5.91. The fourth-order valence-electron chi connectivity index (χ4n) is 4.95. The molecule has 0 N–H and O–H groups in total.